The summed E-state index contributed by atoms with van der Waals surface area (Å²) in [5, 5.41) is 9.33. The van der Waals surface area contributed by atoms with E-state index in [-0.39, 0.29) is 11.9 Å². The Balaban J connectivity index is 2.96. The quantitative estimate of drug-likeness (QED) is 0.827. The van der Waals surface area contributed by atoms with Crippen molar-refractivity contribution in [1.29, 1.82) is 0 Å². The molecule has 0 saturated carbocycles. The molecule has 90 valence electrons. The van der Waals surface area contributed by atoms with Gasteiger partial charge in [-0.15, -0.1) is 0 Å². The second kappa shape index (κ2) is 5.27. The minimum Gasteiger partial charge on any atom is -0.488 e. The van der Waals surface area contributed by atoms with Crippen LogP contribution in [0.1, 0.15) is 32.4 Å². The van der Waals surface area contributed by atoms with Crippen LogP contribution in [0.4, 0.5) is 4.39 Å². The van der Waals surface area contributed by atoms with E-state index < -0.39 is 12.2 Å². The van der Waals surface area contributed by atoms with Gasteiger partial charge in [0.2, 0.25) is 0 Å². The molecule has 0 spiro atoms. The molecule has 1 aromatic rings. The summed E-state index contributed by atoms with van der Waals surface area (Å²) < 4.78 is 18.6. The Kier molecular flexibility index (Phi) is 4.26. The van der Waals surface area contributed by atoms with Gasteiger partial charge in [0, 0.05) is 17.7 Å². The Bertz CT molecular complexity index is 353. The summed E-state index contributed by atoms with van der Waals surface area (Å²) in [5.41, 5.74) is 6.48. The third kappa shape index (κ3) is 3.18. The number of aliphatic hydroxyl groups excluding tert-OH is 1. The molecule has 3 N–H and O–H groups in total. The van der Waals surface area contributed by atoms with Crippen LogP contribution in [0, 0.1) is 5.82 Å². The predicted octanol–water partition coefficient (Wildman–Crippen LogP) is 1.99. The van der Waals surface area contributed by atoms with Crippen molar-refractivity contribution in [2.24, 2.45) is 5.73 Å². The molecule has 0 aliphatic rings. The maximum Gasteiger partial charge on any atom is 0.127 e. The van der Waals surface area contributed by atoms with Crippen LogP contribution in [0.15, 0.2) is 18.2 Å². The van der Waals surface area contributed by atoms with Gasteiger partial charge >= 0.3 is 0 Å². The normalized spacial score (nSPS) is 16.6. The zero-order valence-corrected chi connectivity index (χ0v) is 9.77. The standard InChI is InChI=1S/C12H18FNO2/c1-7(14)11-5-4-10(13)6-12(11)16-9(3)8(2)15/h4-9,15H,14H2,1-3H3/t7-,8?,9?/m0/s1. The lowest BCUT2D eigenvalue weighted by Gasteiger charge is -2.20. The van der Waals surface area contributed by atoms with Gasteiger partial charge in [0.25, 0.3) is 0 Å². The van der Waals surface area contributed by atoms with E-state index in [1.165, 1.54) is 12.1 Å². The number of hydrogen-bond acceptors (Lipinski definition) is 3. The number of halogens is 1. The molecule has 0 radical (unpaired) electrons. The van der Waals surface area contributed by atoms with Gasteiger partial charge in [0.1, 0.15) is 17.7 Å². The van der Waals surface area contributed by atoms with E-state index in [0.29, 0.717) is 5.75 Å². The molecule has 3 atom stereocenters. The number of benzene rings is 1. The number of hydrogen-bond donors (Lipinski definition) is 2. The van der Waals surface area contributed by atoms with Gasteiger partial charge < -0.3 is 15.6 Å². The van der Waals surface area contributed by atoms with Crippen molar-refractivity contribution in [3.05, 3.63) is 29.6 Å². The molecule has 3 nitrogen and oxygen atoms in total. The van der Waals surface area contributed by atoms with Gasteiger partial charge in [-0.25, -0.2) is 4.39 Å². The highest BCUT2D eigenvalue weighted by Crippen LogP contribution is 2.26. The number of nitrogens with two attached hydrogens (primary N) is 1. The van der Waals surface area contributed by atoms with E-state index in [4.69, 9.17) is 10.5 Å². The topological polar surface area (TPSA) is 55.5 Å². The van der Waals surface area contributed by atoms with Gasteiger partial charge in [0.05, 0.1) is 6.10 Å². The molecule has 0 fully saturated rings. The third-order valence-corrected chi connectivity index (χ3v) is 2.46. The Morgan fingerprint density at radius 1 is 1.31 bits per heavy atom. The first-order chi connectivity index (χ1) is 7.41. The monoisotopic (exact) mass is 227 g/mol. The SMILES string of the molecule is CC(O)C(C)Oc1cc(F)ccc1[C@H](C)N. The number of aliphatic hydroxyl groups is 1. The number of ether oxygens (including phenoxy) is 1. The van der Waals surface area contributed by atoms with Crippen molar-refractivity contribution in [3.63, 3.8) is 0 Å². The van der Waals surface area contributed by atoms with Gasteiger partial charge in [0.15, 0.2) is 0 Å². The fourth-order valence-electron chi connectivity index (χ4n) is 1.29. The molecule has 1 aromatic carbocycles. The highest BCUT2D eigenvalue weighted by molar-refractivity contribution is 5.36. The third-order valence-electron chi connectivity index (χ3n) is 2.46. The predicted molar refractivity (Wildman–Crippen MR) is 60.8 cm³/mol. The van der Waals surface area contributed by atoms with Crippen LogP contribution in [0.25, 0.3) is 0 Å². The van der Waals surface area contributed by atoms with Crippen molar-refractivity contribution in [1.82, 2.24) is 0 Å². The lowest BCUT2D eigenvalue weighted by atomic mass is 10.1. The molecule has 4 heteroatoms. The Morgan fingerprint density at radius 2 is 1.94 bits per heavy atom. The largest absolute Gasteiger partial charge is 0.488 e. The van der Waals surface area contributed by atoms with Crippen molar-refractivity contribution in [2.45, 2.75) is 39.0 Å². The van der Waals surface area contributed by atoms with Gasteiger partial charge in [-0.05, 0) is 26.8 Å². The fourth-order valence-corrected chi connectivity index (χ4v) is 1.29. The number of rotatable bonds is 4. The van der Waals surface area contributed by atoms with E-state index in [9.17, 15) is 9.50 Å². The molecule has 2 unspecified atom stereocenters. The second-order valence-electron chi connectivity index (χ2n) is 4.03. The molecule has 0 saturated heterocycles. The molecule has 0 heterocycles. The zero-order chi connectivity index (χ0) is 12.3. The van der Waals surface area contributed by atoms with E-state index in [0.717, 1.165) is 5.56 Å². The second-order valence-corrected chi connectivity index (χ2v) is 4.03. The van der Waals surface area contributed by atoms with Crippen molar-refractivity contribution in [3.8, 4) is 5.75 Å². The Morgan fingerprint density at radius 3 is 2.44 bits per heavy atom. The summed E-state index contributed by atoms with van der Waals surface area (Å²) in [5.74, 6) is 0.0144. The van der Waals surface area contributed by atoms with Gasteiger partial charge in [-0.2, -0.15) is 0 Å². The van der Waals surface area contributed by atoms with Crippen LogP contribution < -0.4 is 10.5 Å². The first kappa shape index (κ1) is 12.9. The van der Waals surface area contributed by atoms with Gasteiger partial charge in [-0.3, -0.25) is 0 Å². The van der Waals surface area contributed by atoms with Crippen LogP contribution >= 0.6 is 0 Å². The van der Waals surface area contributed by atoms with E-state index in [2.05, 4.69) is 0 Å². The van der Waals surface area contributed by atoms with Crippen LogP contribution in [0.3, 0.4) is 0 Å². The summed E-state index contributed by atoms with van der Waals surface area (Å²) in [6.45, 7) is 5.14. The van der Waals surface area contributed by atoms with Crippen molar-refractivity contribution >= 4 is 0 Å². The highest BCUT2D eigenvalue weighted by atomic mass is 19.1. The van der Waals surface area contributed by atoms with E-state index >= 15 is 0 Å². The van der Waals surface area contributed by atoms with E-state index in [1.54, 1.807) is 26.8 Å². The fraction of sp³-hybridized carbons (Fsp3) is 0.500. The van der Waals surface area contributed by atoms with E-state index in [1.807, 2.05) is 0 Å². The summed E-state index contributed by atoms with van der Waals surface area (Å²) in [6.07, 6.45) is -1.02. The molecular weight excluding hydrogens is 209 g/mol. The first-order valence-electron chi connectivity index (χ1n) is 5.31. The van der Waals surface area contributed by atoms with Crippen molar-refractivity contribution < 1.29 is 14.2 Å². The molecule has 0 aromatic heterocycles. The maximum atomic E-state index is 13.1. The average Bonchev–Trinajstić information content (AvgIpc) is 2.16. The molecule has 0 aliphatic heterocycles. The average molecular weight is 227 g/mol. The molecule has 0 amide bonds. The molecule has 0 aliphatic carbocycles. The zero-order valence-electron chi connectivity index (χ0n) is 9.77. The summed E-state index contributed by atoms with van der Waals surface area (Å²) in [6, 6.07) is 4.00. The maximum absolute atomic E-state index is 13.1. The highest BCUT2D eigenvalue weighted by Gasteiger charge is 2.15. The molecular formula is C12H18FNO2. The Labute approximate surface area is 95.0 Å². The first-order valence-corrected chi connectivity index (χ1v) is 5.31. The smallest absolute Gasteiger partial charge is 0.127 e. The summed E-state index contributed by atoms with van der Waals surface area (Å²) >= 11 is 0. The van der Waals surface area contributed by atoms with Crippen LogP contribution in [0.2, 0.25) is 0 Å². The summed E-state index contributed by atoms with van der Waals surface area (Å²) in [4.78, 5) is 0. The molecule has 0 bridgehead atoms. The minimum atomic E-state index is -0.621. The van der Waals surface area contributed by atoms with Crippen LogP contribution in [-0.2, 0) is 0 Å². The molecule has 16 heavy (non-hydrogen) atoms. The van der Waals surface area contributed by atoms with Crippen LogP contribution in [0.5, 0.6) is 5.75 Å². The lowest BCUT2D eigenvalue weighted by molar-refractivity contribution is 0.0594. The van der Waals surface area contributed by atoms with Gasteiger partial charge in [-0.1, -0.05) is 6.07 Å². The minimum absolute atomic E-state index is 0.239. The summed E-state index contributed by atoms with van der Waals surface area (Å²) in [7, 11) is 0. The van der Waals surface area contributed by atoms with Crippen molar-refractivity contribution in [2.75, 3.05) is 0 Å². The lowest BCUT2D eigenvalue weighted by Crippen LogP contribution is -2.26. The molecule has 1 rings (SSSR count). The Hall–Kier alpha value is -1.13. The van der Waals surface area contributed by atoms with Crippen LogP contribution in [-0.4, -0.2) is 17.3 Å².